The lowest BCUT2D eigenvalue weighted by molar-refractivity contribution is -0.132. The molecule has 0 aromatic carbocycles. The summed E-state index contributed by atoms with van der Waals surface area (Å²) in [5, 5.41) is 0. The first kappa shape index (κ1) is 9.86. The molecule has 15 heavy (non-hydrogen) atoms. The predicted octanol–water partition coefficient (Wildman–Crippen LogP) is 3.43. The molecular formula is C14H22O. The summed E-state index contributed by atoms with van der Waals surface area (Å²) in [6.45, 7) is 7.17. The molecular weight excluding hydrogens is 184 g/mol. The van der Waals surface area contributed by atoms with Crippen LogP contribution >= 0.6 is 0 Å². The molecule has 0 unspecified atom stereocenters. The highest BCUT2D eigenvalue weighted by molar-refractivity contribution is 5.82. The highest BCUT2D eigenvalue weighted by Gasteiger charge is 2.64. The number of rotatable bonds is 0. The first-order valence-corrected chi connectivity index (χ1v) is 6.48. The highest BCUT2D eigenvalue weighted by atomic mass is 16.1. The van der Waals surface area contributed by atoms with Gasteiger partial charge in [0.2, 0.25) is 0 Å². The maximum atomic E-state index is 12.0. The van der Waals surface area contributed by atoms with Crippen molar-refractivity contribution in [3.63, 3.8) is 0 Å². The average Bonchev–Trinajstić information content (AvgIpc) is 2.65. The van der Waals surface area contributed by atoms with Crippen molar-refractivity contribution >= 4 is 5.78 Å². The lowest BCUT2D eigenvalue weighted by Crippen LogP contribution is -2.40. The lowest BCUT2D eigenvalue weighted by Gasteiger charge is -2.43. The van der Waals surface area contributed by atoms with E-state index in [1.807, 2.05) is 0 Å². The van der Waals surface area contributed by atoms with E-state index in [-0.39, 0.29) is 0 Å². The van der Waals surface area contributed by atoms with E-state index >= 15 is 0 Å². The molecule has 0 amide bonds. The van der Waals surface area contributed by atoms with Crippen LogP contribution in [0, 0.1) is 28.6 Å². The predicted molar refractivity (Wildman–Crippen MR) is 60.5 cm³/mol. The standard InChI is InChI=1S/C14H22O/c1-13(2)9-7-10-12(15)5-4-6-14(10,3)8-11(9)13/h9-11H,4-8H2,1-3H3/t9-,10+,11+,14+/m1/s1. The Morgan fingerprint density at radius 1 is 1.20 bits per heavy atom. The number of hydrogen-bond donors (Lipinski definition) is 0. The molecule has 84 valence electrons. The van der Waals surface area contributed by atoms with Crippen molar-refractivity contribution in [3.8, 4) is 0 Å². The molecule has 3 fully saturated rings. The molecule has 0 bridgehead atoms. The first-order valence-electron chi connectivity index (χ1n) is 6.48. The van der Waals surface area contributed by atoms with E-state index in [0.29, 0.717) is 22.5 Å². The Morgan fingerprint density at radius 2 is 1.93 bits per heavy atom. The third-order valence-corrected chi connectivity index (χ3v) is 5.86. The number of Topliss-reactive ketones (excluding diaryl/α,β-unsaturated/α-hetero) is 1. The van der Waals surface area contributed by atoms with Gasteiger partial charge in [-0.15, -0.1) is 0 Å². The summed E-state index contributed by atoms with van der Waals surface area (Å²) in [5.41, 5.74) is 0.908. The Labute approximate surface area is 92.6 Å². The number of ketones is 1. The largest absolute Gasteiger partial charge is 0.299 e. The summed E-state index contributed by atoms with van der Waals surface area (Å²) in [6, 6.07) is 0. The van der Waals surface area contributed by atoms with Crippen LogP contribution in [-0.2, 0) is 4.79 Å². The smallest absolute Gasteiger partial charge is 0.136 e. The van der Waals surface area contributed by atoms with Gasteiger partial charge in [-0.1, -0.05) is 20.8 Å². The number of carbonyl (C=O) groups is 1. The summed E-state index contributed by atoms with van der Waals surface area (Å²) in [6.07, 6.45) is 5.82. The average molecular weight is 206 g/mol. The van der Waals surface area contributed by atoms with Crippen LogP contribution in [0.5, 0.6) is 0 Å². The third kappa shape index (κ3) is 1.18. The van der Waals surface area contributed by atoms with Gasteiger partial charge < -0.3 is 0 Å². The Bertz CT molecular complexity index is 317. The van der Waals surface area contributed by atoms with E-state index < -0.39 is 0 Å². The second-order valence-corrected chi connectivity index (χ2v) is 7.00. The Morgan fingerprint density at radius 3 is 2.67 bits per heavy atom. The Kier molecular flexibility index (Phi) is 1.76. The van der Waals surface area contributed by atoms with E-state index in [9.17, 15) is 4.79 Å². The van der Waals surface area contributed by atoms with Crippen LogP contribution in [0.3, 0.4) is 0 Å². The van der Waals surface area contributed by atoms with Gasteiger partial charge >= 0.3 is 0 Å². The van der Waals surface area contributed by atoms with Gasteiger partial charge in [-0.2, -0.15) is 0 Å². The fraction of sp³-hybridized carbons (Fsp3) is 0.929. The summed E-state index contributed by atoms with van der Waals surface area (Å²) in [7, 11) is 0. The molecule has 0 heterocycles. The molecule has 0 aliphatic heterocycles. The van der Waals surface area contributed by atoms with Crippen LogP contribution in [0.25, 0.3) is 0 Å². The molecule has 0 aromatic heterocycles. The zero-order valence-electron chi connectivity index (χ0n) is 10.2. The van der Waals surface area contributed by atoms with Gasteiger partial charge in [0, 0.05) is 12.3 Å². The van der Waals surface area contributed by atoms with E-state index in [1.165, 1.54) is 19.3 Å². The molecule has 3 rings (SSSR count). The number of carbonyl (C=O) groups excluding carboxylic acids is 1. The van der Waals surface area contributed by atoms with Crippen LogP contribution in [0.2, 0.25) is 0 Å². The summed E-state index contributed by atoms with van der Waals surface area (Å²) in [4.78, 5) is 12.0. The van der Waals surface area contributed by atoms with Gasteiger partial charge in [0.25, 0.3) is 0 Å². The number of hydrogen-bond acceptors (Lipinski definition) is 1. The topological polar surface area (TPSA) is 17.1 Å². The maximum Gasteiger partial charge on any atom is 0.136 e. The highest BCUT2D eigenvalue weighted by Crippen LogP contribution is 2.70. The van der Waals surface area contributed by atoms with E-state index in [1.54, 1.807) is 0 Å². The fourth-order valence-electron chi connectivity index (χ4n) is 4.55. The molecule has 3 saturated carbocycles. The van der Waals surface area contributed by atoms with Gasteiger partial charge in [-0.05, 0) is 48.3 Å². The second kappa shape index (κ2) is 2.67. The van der Waals surface area contributed by atoms with Gasteiger partial charge in [0.1, 0.15) is 5.78 Å². The molecule has 1 heteroatoms. The summed E-state index contributed by atoms with van der Waals surface area (Å²) < 4.78 is 0. The molecule has 0 N–H and O–H groups in total. The van der Waals surface area contributed by atoms with Crippen molar-refractivity contribution in [1.29, 1.82) is 0 Å². The normalized spacial score (nSPS) is 51.9. The molecule has 0 aromatic rings. The minimum Gasteiger partial charge on any atom is -0.299 e. The zero-order valence-corrected chi connectivity index (χ0v) is 10.2. The van der Waals surface area contributed by atoms with Crippen LogP contribution < -0.4 is 0 Å². The zero-order chi connectivity index (χ0) is 10.8. The number of fused-ring (bicyclic) bond motifs is 2. The minimum absolute atomic E-state index is 0.365. The van der Waals surface area contributed by atoms with Crippen molar-refractivity contribution in [2.24, 2.45) is 28.6 Å². The summed E-state index contributed by atoms with van der Waals surface area (Å²) >= 11 is 0. The summed E-state index contributed by atoms with van der Waals surface area (Å²) in [5.74, 6) is 2.77. The van der Waals surface area contributed by atoms with Crippen molar-refractivity contribution in [3.05, 3.63) is 0 Å². The maximum absolute atomic E-state index is 12.0. The lowest BCUT2D eigenvalue weighted by atomic mass is 9.60. The molecule has 3 aliphatic carbocycles. The molecule has 4 atom stereocenters. The first-order chi connectivity index (χ1) is 6.95. The van der Waals surface area contributed by atoms with Crippen LogP contribution in [0.1, 0.15) is 52.9 Å². The van der Waals surface area contributed by atoms with E-state index in [4.69, 9.17) is 0 Å². The van der Waals surface area contributed by atoms with E-state index in [2.05, 4.69) is 20.8 Å². The molecule has 0 radical (unpaired) electrons. The van der Waals surface area contributed by atoms with Gasteiger partial charge in [-0.3, -0.25) is 4.79 Å². The van der Waals surface area contributed by atoms with Crippen molar-refractivity contribution in [2.75, 3.05) is 0 Å². The molecule has 0 saturated heterocycles. The van der Waals surface area contributed by atoms with Crippen molar-refractivity contribution < 1.29 is 4.79 Å². The quantitative estimate of drug-likeness (QED) is 0.593. The SMILES string of the molecule is CC1(C)[C@@H]2C[C@H]3C(=O)CCC[C@@]3(C)C[C@@H]21. The van der Waals surface area contributed by atoms with Crippen LogP contribution in [0.15, 0.2) is 0 Å². The van der Waals surface area contributed by atoms with E-state index in [0.717, 1.165) is 24.7 Å². The van der Waals surface area contributed by atoms with Gasteiger partial charge in [-0.25, -0.2) is 0 Å². The van der Waals surface area contributed by atoms with Crippen LogP contribution in [0.4, 0.5) is 0 Å². The monoisotopic (exact) mass is 206 g/mol. The second-order valence-electron chi connectivity index (χ2n) is 7.00. The van der Waals surface area contributed by atoms with Gasteiger partial charge in [0.15, 0.2) is 0 Å². The third-order valence-electron chi connectivity index (χ3n) is 5.86. The molecule has 3 aliphatic rings. The Balaban J connectivity index is 1.89. The molecule has 0 spiro atoms. The minimum atomic E-state index is 0.365. The molecule has 1 nitrogen and oxygen atoms in total. The van der Waals surface area contributed by atoms with Gasteiger partial charge in [0.05, 0.1) is 0 Å². The van der Waals surface area contributed by atoms with Crippen LogP contribution in [-0.4, -0.2) is 5.78 Å². The Hall–Kier alpha value is -0.330. The van der Waals surface area contributed by atoms with Crippen molar-refractivity contribution in [2.45, 2.75) is 52.9 Å². The fourth-order valence-corrected chi connectivity index (χ4v) is 4.55. The van der Waals surface area contributed by atoms with Crippen molar-refractivity contribution in [1.82, 2.24) is 0 Å².